The zero-order valence-electron chi connectivity index (χ0n) is 11.3. The summed E-state index contributed by atoms with van der Waals surface area (Å²) in [5, 5.41) is 11.7. The van der Waals surface area contributed by atoms with Gasteiger partial charge in [-0.1, -0.05) is 18.2 Å². The number of anilines is 1. The number of aliphatic carboxylic acids is 1. The van der Waals surface area contributed by atoms with Gasteiger partial charge < -0.3 is 15.3 Å². The minimum Gasteiger partial charge on any atom is -0.481 e. The van der Waals surface area contributed by atoms with Gasteiger partial charge in [-0.2, -0.15) is 0 Å². The molecule has 0 atom stereocenters. The van der Waals surface area contributed by atoms with Crippen molar-refractivity contribution in [1.82, 2.24) is 4.90 Å². The van der Waals surface area contributed by atoms with E-state index in [9.17, 15) is 9.59 Å². The molecule has 0 radical (unpaired) electrons. The summed E-state index contributed by atoms with van der Waals surface area (Å²) < 4.78 is 0. The first-order valence-electron chi connectivity index (χ1n) is 6.31. The first-order chi connectivity index (χ1) is 9.00. The number of hydrogen-bond donors (Lipinski definition) is 2. The van der Waals surface area contributed by atoms with E-state index >= 15 is 0 Å². The monoisotopic (exact) mass is 264 g/mol. The maximum Gasteiger partial charge on any atom is 0.305 e. The lowest BCUT2D eigenvalue weighted by Crippen LogP contribution is -2.41. The summed E-state index contributed by atoms with van der Waals surface area (Å²) in [5.41, 5.74) is 0.873. The Hall–Kier alpha value is -2.04. The number of amides is 1. The third-order valence-electron chi connectivity index (χ3n) is 2.73. The summed E-state index contributed by atoms with van der Waals surface area (Å²) in [5.74, 6) is -0.991. The van der Waals surface area contributed by atoms with E-state index in [1.165, 1.54) is 0 Å². The molecule has 0 unspecified atom stereocenters. The summed E-state index contributed by atoms with van der Waals surface area (Å²) in [4.78, 5) is 24.2. The zero-order valence-corrected chi connectivity index (χ0v) is 11.3. The number of carboxylic acids is 1. The van der Waals surface area contributed by atoms with Crippen LogP contribution in [-0.2, 0) is 9.59 Å². The van der Waals surface area contributed by atoms with Gasteiger partial charge in [-0.05, 0) is 26.0 Å². The Morgan fingerprint density at radius 2 is 1.89 bits per heavy atom. The molecule has 0 aliphatic heterocycles. The van der Waals surface area contributed by atoms with Crippen molar-refractivity contribution in [2.24, 2.45) is 0 Å². The zero-order chi connectivity index (χ0) is 14.3. The molecule has 0 aliphatic carbocycles. The average molecular weight is 264 g/mol. The molecule has 1 amide bonds. The molecule has 0 fully saturated rings. The van der Waals surface area contributed by atoms with Gasteiger partial charge in [0.05, 0.1) is 13.0 Å². The molecule has 5 nitrogen and oxygen atoms in total. The van der Waals surface area contributed by atoms with Gasteiger partial charge in [-0.25, -0.2) is 0 Å². The molecule has 0 heterocycles. The number of para-hydroxylation sites is 1. The predicted molar refractivity (Wildman–Crippen MR) is 74.0 cm³/mol. The number of carbonyl (C=O) groups is 2. The summed E-state index contributed by atoms with van der Waals surface area (Å²) in [7, 11) is 0. The highest BCUT2D eigenvalue weighted by Gasteiger charge is 2.17. The van der Waals surface area contributed by atoms with E-state index in [-0.39, 0.29) is 31.5 Å². The first-order valence-corrected chi connectivity index (χ1v) is 6.31. The van der Waals surface area contributed by atoms with E-state index in [1.54, 1.807) is 4.90 Å². The standard InChI is InChI=1S/C14H20N2O3/c1-11(2)16(9-8-14(18)19)13(17)10-15-12-6-4-3-5-7-12/h3-7,11,15H,8-10H2,1-2H3,(H,18,19). The van der Waals surface area contributed by atoms with Crippen molar-refractivity contribution >= 4 is 17.6 Å². The van der Waals surface area contributed by atoms with Crippen molar-refractivity contribution < 1.29 is 14.7 Å². The Labute approximate surface area is 113 Å². The highest BCUT2D eigenvalue weighted by molar-refractivity contribution is 5.81. The SMILES string of the molecule is CC(C)N(CCC(=O)O)C(=O)CNc1ccccc1. The largest absolute Gasteiger partial charge is 0.481 e. The molecule has 0 saturated carbocycles. The van der Waals surface area contributed by atoms with Crippen LogP contribution in [0.15, 0.2) is 30.3 Å². The summed E-state index contributed by atoms with van der Waals surface area (Å²) >= 11 is 0. The lowest BCUT2D eigenvalue weighted by atomic mass is 10.2. The van der Waals surface area contributed by atoms with Gasteiger partial charge in [0.15, 0.2) is 0 Å². The molecular weight excluding hydrogens is 244 g/mol. The van der Waals surface area contributed by atoms with Crippen LogP contribution in [0.1, 0.15) is 20.3 Å². The molecule has 0 bridgehead atoms. The van der Waals surface area contributed by atoms with Crippen LogP contribution in [0.5, 0.6) is 0 Å². The molecular formula is C14H20N2O3. The van der Waals surface area contributed by atoms with Crippen LogP contribution in [0.3, 0.4) is 0 Å². The van der Waals surface area contributed by atoms with E-state index in [2.05, 4.69) is 5.32 Å². The fraction of sp³-hybridized carbons (Fsp3) is 0.429. The molecule has 104 valence electrons. The summed E-state index contributed by atoms with van der Waals surface area (Å²) in [6, 6.07) is 9.42. The number of nitrogens with one attached hydrogen (secondary N) is 1. The van der Waals surface area contributed by atoms with E-state index in [0.29, 0.717) is 0 Å². The van der Waals surface area contributed by atoms with Crippen molar-refractivity contribution in [3.8, 4) is 0 Å². The lowest BCUT2D eigenvalue weighted by Gasteiger charge is -2.26. The fourth-order valence-electron chi connectivity index (χ4n) is 1.72. The predicted octanol–water partition coefficient (Wildman–Crippen LogP) is 1.81. The van der Waals surface area contributed by atoms with Gasteiger partial charge in [0.2, 0.25) is 5.91 Å². The number of nitrogens with zero attached hydrogens (tertiary/aromatic N) is 1. The number of hydrogen-bond acceptors (Lipinski definition) is 3. The van der Waals surface area contributed by atoms with Crippen LogP contribution >= 0.6 is 0 Å². The van der Waals surface area contributed by atoms with Gasteiger partial charge in [0, 0.05) is 18.3 Å². The highest BCUT2D eigenvalue weighted by Crippen LogP contribution is 2.06. The second-order valence-corrected chi connectivity index (χ2v) is 4.54. The van der Waals surface area contributed by atoms with E-state index in [1.807, 2.05) is 44.2 Å². The minimum atomic E-state index is -0.894. The minimum absolute atomic E-state index is 0.00979. The van der Waals surface area contributed by atoms with Crippen molar-refractivity contribution in [2.75, 3.05) is 18.4 Å². The average Bonchev–Trinajstić information content (AvgIpc) is 2.37. The third kappa shape index (κ3) is 5.42. The van der Waals surface area contributed by atoms with Gasteiger partial charge in [-0.3, -0.25) is 9.59 Å². The number of carboxylic acid groups (broad SMARTS) is 1. The Kier molecular flexibility index (Phi) is 5.85. The van der Waals surface area contributed by atoms with Crippen LogP contribution < -0.4 is 5.32 Å². The first kappa shape index (κ1) is 15.0. The lowest BCUT2D eigenvalue weighted by molar-refractivity contribution is -0.138. The van der Waals surface area contributed by atoms with Crippen LogP contribution in [0, 0.1) is 0 Å². The van der Waals surface area contributed by atoms with Crippen LogP contribution in [0.2, 0.25) is 0 Å². The molecule has 2 N–H and O–H groups in total. The van der Waals surface area contributed by atoms with Crippen molar-refractivity contribution in [3.05, 3.63) is 30.3 Å². The van der Waals surface area contributed by atoms with Crippen LogP contribution in [0.25, 0.3) is 0 Å². The molecule has 0 saturated heterocycles. The normalized spacial score (nSPS) is 10.3. The van der Waals surface area contributed by atoms with Crippen molar-refractivity contribution in [1.29, 1.82) is 0 Å². The van der Waals surface area contributed by atoms with Gasteiger partial charge in [0.25, 0.3) is 0 Å². The number of carbonyl (C=O) groups excluding carboxylic acids is 1. The van der Waals surface area contributed by atoms with Gasteiger partial charge >= 0.3 is 5.97 Å². The molecule has 0 aromatic heterocycles. The Morgan fingerprint density at radius 1 is 1.26 bits per heavy atom. The Balaban J connectivity index is 2.50. The fourth-order valence-corrected chi connectivity index (χ4v) is 1.72. The maximum atomic E-state index is 12.0. The maximum absolute atomic E-state index is 12.0. The quantitative estimate of drug-likeness (QED) is 0.788. The van der Waals surface area contributed by atoms with Crippen LogP contribution in [-0.4, -0.2) is 41.0 Å². The van der Waals surface area contributed by atoms with E-state index in [0.717, 1.165) is 5.69 Å². The van der Waals surface area contributed by atoms with Crippen molar-refractivity contribution in [2.45, 2.75) is 26.3 Å². The van der Waals surface area contributed by atoms with Gasteiger partial charge in [-0.15, -0.1) is 0 Å². The summed E-state index contributed by atoms with van der Waals surface area (Å²) in [6.45, 7) is 4.16. The molecule has 19 heavy (non-hydrogen) atoms. The Morgan fingerprint density at radius 3 is 2.42 bits per heavy atom. The van der Waals surface area contributed by atoms with Crippen molar-refractivity contribution in [3.63, 3.8) is 0 Å². The summed E-state index contributed by atoms with van der Waals surface area (Å²) in [6.07, 6.45) is -0.0325. The molecule has 1 aromatic carbocycles. The molecule has 0 aliphatic rings. The molecule has 1 aromatic rings. The molecule has 5 heteroatoms. The van der Waals surface area contributed by atoms with E-state index < -0.39 is 5.97 Å². The smallest absolute Gasteiger partial charge is 0.305 e. The topological polar surface area (TPSA) is 69.6 Å². The van der Waals surface area contributed by atoms with Gasteiger partial charge in [0.1, 0.15) is 0 Å². The third-order valence-corrected chi connectivity index (χ3v) is 2.73. The Bertz CT molecular complexity index is 418. The number of rotatable bonds is 7. The molecule has 1 rings (SSSR count). The van der Waals surface area contributed by atoms with E-state index in [4.69, 9.17) is 5.11 Å². The molecule has 0 spiro atoms. The van der Waals surface area contributed by atoms with Crippen LogP contribution in [0.4, 0.5) is 5.69 Å². The second kappa shape index (κ2) is 7.41. The second-order valence-electron chi connectivity index (χ2n) is 4.54. The number of benzene rings is 1. The highest BCUT2D eigenvalue weighted by atomic mass is 16.4.